The van der Waals surface area contributed by atoms with Gasteiger partial charge in [0.2, 0.25) is 0 Å². The zero-order valence-electron chi connectivity index (χ0n) is 9.15. The van der Waals surface area contributed by atoms with Gasteiger partial charge in [-0.3, -0.25) is 9.88 Å². The van der Waals surface area contributed by atoms with Crippen molar-refractivity contribution in [3.63, 3.8) is 0 Å². The molecule has 3 nitrogen and oxygen atoms in total. The summed E-state index contributed by atoms with van der Waals surface area (Å²) in [5.41, 5.74) is 7.14. The lowest BCUT2D eigenvalue weighted by atomic mass is 10.0. The van der Waals surface area contributed by atoms with Gasteiger partial charge in [-0.2, -0.15) is 13.2 Å². The number of nitrogens with zero attached hydrogens (tertiary/aromatic N) is 2. The van der Waals surface area contributed by atoms with E-state index < -0.39 is 12.2 Å². The molecule has 0 amide bonds. The maximum Gasteiger partial charge on any atom is 0.408 e. The highest BCUT2D eigenvalue weighted by Crippen LogP contribution is 2.40. The molecule has 0 radical (unpaired) electrons. The lowest BCUT2D eigenvalue weighted by Gasteiger charge is -2.36. The van der Waals surface area contributed by atoms with Gasteiger partial charge in [-0.05, 0) is 12.8 Å². The van der Waals surface area contributed by atoms with Gasteiger partial charge in [0.25, 0.3) is 0 Å². The Bertz CT molecular complexity index is 344. The zero-order chi connectivity index (χ0) is 12.5. The number of nitrogens with two attached hydrogens (primary N) is 1. The van der Waals surface area contributed by atoms with Crippen LogP contribution in [0.25, 0.3) is 0 Å². The summed E-state index contributed by atoms with van der Waals surface area (Å²) in [5.74, 6) is 0. The van der Waals surface area contributed by atoms with Crippen molar-refractivity contribution in [2.75, 3.05) is 13.1 Å². The Morgan fingerprint density at radius 2 is 2.06 bits per heavy atom. The Morgan fingerprint density at radius 3 is 2.53 bits per heavy atom. The molecule has 7 heteroatoms. The highest BCUT2D eigenvalue weighted by Gasteiger charge is 2.46. The standard InChI is InChI=1S/C10H14F3N3S/c11-10(12,13)9(8-5-15-6-17-8)16-3-1-7(14)2-4-16/h5-7,9H,1-4,14H2. The van der Waals surface area contributed by atoms with Crippen molar-refractivity contribution in [2.24, 2.45) is 5.73 Å². The predicted octanol–water partition coefficient (Wildman–Crippen LogP) is 2.17. The van der Waals surface area contributed by atoms with Gasteiger partial charge in [0.15, 0.2) is 0 Å². The molecule has 1 aromatic rings. The van der Waals surface area contributed by atoms with Crippen molar-refractivity contribution >= 4 is 11.3 Å². The molecule has 2 rings (SSSR count). The summed E-state index contributed by atoms with van der Waals surface area (Å²) in [7, 11) is 0. The van der Waals surface area contributed by atoms with Crippen molar-refractivity contribution in [1.29, 1.82) is 0 Å². The second kappa shape index (κ2) is 4.91. The number of aromatic nitrogens is 1. The molecule has 1 aliphatic heterocycles. The molecule has 0 spiro atoms. The zero-order valence-corrected chi connectivity index (χ0v) is 9.97. The number of hydrogen-bond donors (Lipinski definition) is 1. The van der Waals surface area contributed by atoms with Crippen molar-refractivity contribution in [3.8, 4) is 0 Å². The molecular formula is C10H14F3N3S. The maximum atomic E-state index is 13.1. The normalized spacial score (nSPS) is 21.6. The molecule has 0 aliphatic carbocycles. The first-order valence-electron chi connectivity index (χ1n) is 5.43. The number of alkyl halides is 3. The fourth-order valence-corrected chi connectivity index (χ4v) is 2.86. The third-order valence-electron chi connectivity index (χ3n) is 2.97. The molecule has 96 valence electrons. The number of hydrogen-bond acceptors (Lipinski definition) is 4. The minimum atomic E-state index is -4.26. The summed E-state index contributed by atoms with van der Waals surface area (Å²) < 4.78 is 39.2. The van der Waals surface area contributed by atoms with E-state index in [-0.39, 0.29) is 10.9 Å². The molecule has 1 fully saturated rings. The Hall–Kier alpha value is -0.660. The minimum absolute atomic E-state index is 0.0293. The SMILES string of the molecule is NC1CCN(C(c2cncs2)C(F)(F)F)CC1. The predicted molar refractivity (Wildman–Crippen MR) is 59.7 cm³/mol. The number of rotatable bonds is 2. The molecular weight excluding hydrogens is 251 g/mol. The van der Waals surface area contributed by atoms with Crippen molar-refractivity contribution < 1.29 is 13.2 Å². The van der Waals surface area contributed by atoms with Gasteiger partial charge in [0.1, 0.15) is 6.04 Å². The van der Waals surface area contributed by atoms with Gasteiger partial charge in [0, 0.05) is 25.3 Å². The fraction of sp³-hybridized carbons (Fsp3) is 0.700. The summed E-state index contributed by atoms with van der Waals surface area (Å²) in [5, 5.41) is 0. The van der Waals surface area contributed by atoms with Gasteiger partial charge in [0.05, 0.1) is 10.4 Å². The van der Waals surface area contributed by atoms with E-state index in [9.17, 15) is 13.2 Å². The Balaban J connectivity index is 2.17. The third kappa shape index (κ3) is 2.97. The molecule has 1 aromatic heterocycles. The number of piperidine rings is 1. The van der Waals surface area contributed by atoms with E-state index in [2.05, 4.69) is 4.98 Å². The molecule has 2 N–H and O–H groups in total. The van der Waals surface area contributed by atoms with E-state index in [4.69, 9.17) is 5.73 Å². The van der Waals surface area contributed by atoms with E-state index >= 15 is 0 Å². The Labute approximate surface area is 101 Å². The number of thiazole rings is 1. The van der Waals surface area contributed by atoms with Gasteiger partial charge in [-0.1, -0.05) is 0 Å². The van der Waals surface area contributed by atoms with E-state index in [0.29, 0.717) is 25.9 Å². The molecule has 1 saturated heterocycles. The summed E-state index contributed by atoms with van der Waals surface area (Å²) >= 11 is 1.05. The first-order chi connectivity index (χ1) is 7.98. The van der Waals surface area contributed by atoms with Crippen LogP contribution < -0.4 is 5.73 Å². The van der Waals surface area contributed by atoms with E-state index in [1.54, 1.807) is 0 Å². The van der Waals surface area contributed by atoms with Crippen LogP contribution in [0.4, 0.5) is 13.2 Å². The highest BCUT2D eigenvalue weighted by atomic mass is 32.1. The van der Waals surface area contributed by atoms with Crippen LogP contribution in [0.1, 0.15) is 23.8 Å². The van der Waals surface area contributed by atoms with Crippen LogP contribution in [0.3, 0.4) is 0 Å². The third-order valence-corrected chi connectivity index (χ3v) is 3.80. The first kappa shape index (κ1) is 12.8. The van der Waals surface area contributed by atoms with Crippen LogP contribution >= 0.6 is 11.3 Å². The van der Waals surface area contributed by atoms with Crippen molar-refractivity contribution in [2.45, 2.75) is 31.1 Å². The molecule has 2 heterocycles. The minimum Gasteiger partial charge on any atom is -0.328 e. The quantitative estimate of drug-likeness (QED) is 0.891. The van der Waals surface area contributed by atoms with Crippen LogP contribution in [-0.2, 0) is 0 Å². The topological polar surface area (TPSA) is 42.1 Å². The maximum absolute atomic E-state index is 13.1. The lowest BCUT2D eigenvalue weighted by Crippen LogP contribution is -2.45. The van der Waals surface area contributed by atoms with Gasteiger partial charge in [-0.25, -0.2) is 0 Å². The van der Waals surface area contributed by atoms with Crippen LogP contribution in [0.15, 0.2) is 11.7 Å². The van der Waals surface area contributed by atoms with E-state index in [0.717, 1.165) is 11.3 Å². The molecule has 17 heavy (non-hydrogen) atoms. The van der Waals surface area contributed by atoms with Crippen LogP contribution in [0.5, 0.6) is 0 Å². The molecule has 0 bridgehead atoms. The van der Waals surface area contributed by atoms with Crippen molar-refractivity contribution in [1.82, 2.24) is 9.88 Å². The first-order valence-corrected chi connectivity index (χ1v) is 6.31. The largest absolute Gasteiger partial charge is 0.408 e. The van der Waals surface area contributed by atoms with Gasteiger partial charge >= 0.3 is 6.18 Å². The summed E-state index contributed by atoms with van der Waals surface area (Å²) in [6.07, 6.45) is -1.72. The lowest BCUT2D eigenvalue weighted by molar-refractivity contribution is -0.188. The second-order valence-corrected chi connectivity index (χ2v) is 5.14. The fourth-order valence-electron chi connectivity index (χ4n) is 2.09. The second-order valence-electron chi connectivity index (χ2n) is 4.22. The average Bonchev–Trinajstić information content (AvgIpc) is 2.72. The number of likely N-dealkylation sites (tertiary alicyclic amines) is 1. The molecule has 1 aliphatic rings. The smallest absolute Gasteiger partial charge is 0.328 e. The molecule has 1 atom stereocenters. The van der Waals surface area contributed by atoms with E-state index in [1.807, 2.05) is 0 Å². The Kier molecular flexibility index (Phi) is 3.70. The van der Waals surface area contributed by atoms with Crippen molar-refractivity contribution in [3.05, 3.63) is 16.6 Å². The highest BCUT2D eigenvalue weighted by molar-refractivity contribution is 7.09. The summed E-state index contributed by atoms with van der Waals surface area (Å²) in [4.78, 5) is 5.45. The van der Waals surface area contributed by atoms with Gasteiger partial charge in [-0.15, -0.1) is 11.3 Å². The van der Waals surface area contributed by atoms with E-state index in [1.165, 1.54) is 16.6 Å². The monoisotopic (exact) mass is 265 g/mol. The molecule has 0 saturated carbocycles. The van der Waals surface area contributed by atoms with Crippen LogP contribution in [0.2, 0.25) is 0 Å². The van der Waals surface area contributed by atoms with Gasteiger partial charge < -0.3 is 5.73 Å². The molecule has 1 unspecified atom stereocenters. The molecule has 0 aromatic carbocycles. The average molecular weight is 265 g/mol. The van der Waals surface area contributed by atoms with Crippen LogP contribution in [-0.4, -0.2) is 35.2 Å². The Morgan fingerprint density at radius 1 is 1.41 bits per heavy atom. The summed E-state index contributed by atoms with van der Waals surface area (Å²) in [6, 6.07) is -1.50. The number of halogens is 3. The summed E-state index contributed by atoms with van der Waals surface area (Å²) in [6.45, 7) is 0.784. The van der Waals surface area contributed by atoms with Crippen LogP contribution in [0, 0.1) is 0 Å².